The van der Waals surface area contributed by atoms with Gasteiger partial charge in [-0.2, -0.15) is 0 Å². The van der Waals surface area contributed by atoms with Crippen LogP contribution in [0.2, 0.25) is 0 Å². The van der Waals surface area contributed by atoms with Crippen LogP contribution in [0.3, 0.4) is 0 Å². The average molecular weight is 244 g/mol. The van der Waals surface area contributed by atoms with Crippen molar-refractivity contribution >= 4 is 22.4 Å². The molecule has 0 aromatic heterocycles. The van der Waals surface area contributed by atoms with E-state index in [1.165, 1.54) is 6.92 Å². The predicted octanol–water partition coefficient (Wildman–Crippen LogP) is 1.25. The second-order valence-electron chi connectivity index (χ2n) is 2.97. The third-order valence-electron chi connectivity index (χ3n) is 1.56. The van der Waals surface area contributed by atoms with Crippen molar-refractivity contribution in [3.63, 3.8) is 0 Å². The lowest BCUT2D eigenvalue weighted by atomic mass is 10.1. The standard InChI is InChI=1S/C7H14O2Si.C4H6O2/c1-3-4-5-6(2)7(8)9-10;1-3-6-4(2)5/h2-5H2,1,10H3;3H,1H2,2H3. The first-order valence-corrected chi connectivity index (χ1v) is 5.85. The van der Waals surface area contributed by atoms with Crippen LogP contribution < -0.4 is 0 Å². The second kappa shape index (κ2) is 11.7. The van der Waals surface area contributed by atoms with Crippen LogP contribution in [0.15, 0.2) is 25.0 Å². The SMILES string of the molecule is C=C(CCCC)C(=O)O[SiH3].C=COC(C)=O. The summed E-state index contributed by atoms with van der Waals surface area (Å²) in [4.78, 5) is 20.5. The highest BCUT2D eigenvalue weighted by Crippen LogP contribution is 2.05. The maximum absolute atomic E-state index is 10.7. The molecule has 0 radical (unpaired) electrons. The molecule has 0 aliphatic heterocycles. The zero-order valence-electron chi connectivity index (χ0n) is 10.2. The minimum absolute atomic E-state index is 0.222. The van der Waals surface area contributed by atoms with Crippen LogP contribution in [0.1, 0.15) is 33.1 Å². The molecule has 0 unspecified atom stereocenters. The summed E-state index contributed by atoms with van der Waals surface area (Å²) in [6.07, 6.45) is 3.99. The van der Waals surface area contributed by atoms with Gasteiger partial charge in [-0.25, -0.2) is 4.79 Å². The van der Waals surface area contributed by atoms with Crippen LogP contribution in [0.25, 0.3) is 0 Å². The van der Waals surface area contributed by atoms with E-state index in [1.807, 2.05) is 0 Å². The summed E-state index contributed by atoms with van der Waals surface area (Å²) in [5.74, 6) is -0.551. The second-order valence-corrected chi connectivity index (χ2v) is 3.38. The Kier molecular flexibility index (Phi) is 12.5. The lowest BCUT2D eigenvalue weighted by Crippen LogP contribution is -2.03. The van der Waals surface area contributed by atoms with Crippen molar-refractivity contribution in [2.24, 2.45) is 0 Å². The van der Waals surface area contributed by atoms with Crippen LogP contribution in [0.4, 0.5) is 0 Å². The van der Waals surface area contributed by atoms with Crippen LogP contribution in [0, 0.1) is 0 Å². The maximum atomic E-state index is 10.7. The minimum atomic E-state index is -0.329. The van der Waals surface area contributed by atoms with Crippen molar-refractivity contribution in [3.05, 3.63) is 25.0 Å². The monoisotopic (exact) mass is 244 g/mol. The van der Waals surface area contributed by atoms with Gasteiger partial charge >= 0.3 is 11.9 Å². The molecular weight excluding hydrogens is 224 g/mol. The summed E-state index contributed by atoms with van der Waals surface area (Å²) in [5.41, 5.74) is 0.608. The van der Waals surface area contributed by atoms with Crippen LogP contribution >= 0.6 is 0 Å². The fourth-order valence-corrected chi connectivity index (χ4v) is 1.04. The van der Waals surface area contributed by atoms with Crippen molar-refractivity contribution in [1.82, 2.24) is 0 Å². The highest BCUT2D eigenvalue weighted by Gasteiger charge is 2.03. The Morgan fingerprint density at radius 3 is 2.25 bits per heavy atom. The van der Waals surface area contributed by atoms with E-state index in [1.54, 1.807) is 0 Å². The molecule has 0 saturated heterocycles. The predicted molar refractivity (Wildman–Crippen MR) is 66.7 cm³/mol. The molecule has 0 rings (SSSR count). The Morgan fingerprint density at radius 2 is 2.00 bits per heavy atom. The molecule has 0 amide bonds. The highest BCUT2D eigenvalue weighted by atomic mass is 28.2. The summed E-state index contributed by atoms with van der Waals surface area (Å²) in [6.45, 7) is 10.2. The fraction of sp³-hybridized carbons (Fsp3) is 0.455. The third kappa shape index (κ3) is 12.6. The number of hydrogen-bond donors (Lipinski definition) is 0. The van der Waals surface area contributed by atoms with Crippen LogP contribution in [-0.4, -0.2) is 22.4 Å². The van der Waals surface area contributed by atoms with E-state index in [0.717, 1.165) is 25.5 Å². The fourth-order valence-electron chi connectivity index (χ4n) is 0.754. The molecule has 0 spiro atoms. The highest BCUT2D eigenvalue weighted by molar-refractivity contribution is 6.09. The molecule has 0 saturated carbocycles. The van der Waals surface area contributed by atoms with Gasteiger partial charge in [-0.05, 0) is 12.8 Å². The topological polar surface area (TPSA) is 52.6 Å². The normalized spacial score (nSPS) is 8.38. The van der Waals surface area contributed by atoms with Crippen molar-refractivity contribution in [2.45, 2.75) is 33.1 Å². The summed E-state index contributed by atoms with van der Waals surface area (Å²) in [5, 5.41) is 0. The van der Waals surface area contributed by atoms with E-state index in [9.17, 15) is 9.59 Å². The summed E-state index contributed by atoms with van der Waals surface area (Å²) >= 11 is 0. The summed E-state index contributed by atoms with van der Waals surface area (Å²) < 4.78 is 8.78. The Hall–Kier alpha value is -1.36. The largest absolute Gasteiger partial charge is 0.526 e. The number of rotatable bonds is 5. The van der Waals surface area contributed by atoms with Crippen molar-refractivity contribution in [2.75, 3.05) is 0 Å². The Morgan fingerprint density at radius 1 is 1.44 bits per heavy atom. The number of carbonyl (C=O) groups excluding carboxylic acids is 2. The first-order chi connectivity index (χ1) is 7.49. The van der Waals surface area contributed by atoms with Crippen LogP contribution in [-0.2, 0) is 18.8 Å². The molecule has 4 nitrogen and oxygen atoms in total. The number of esters is 1. The first kappa shape index (κ1) is 17.0. The molecule has 0 fully saturated rings. The van der Waals surface area contributed by atoms with Gasteiger partial charge in [0.2, 0.25) is 10.5 Å². The number of unbranched alkanes of at least 4 members (excludes halogenated alkanes) is 1. The number of ether oxygens (including phenoxy) is 1. The quantitative estimate of drug-likeness (QED) is 0.316. The van der Waals surface area contributed by atoms with Gasteiger partial charge in [0.05, 0.1) is 6.26 Å². The molecule has 16 heavy (non-hydrogen) atoms. The average Bonchev–Trinajstić information content (AvgIpc) is 2.25. The van der Waals surface area contributed by atoms with Crippen molar-refractivity contribution < 1.29 is 18.8 Å². The molecule has 0 N–H and O–H groups in total. The van der Waals surface area contributed by atoms with E-state index >= 15 is 0 Å². The van der Waals surface area contributed by atoms with Gasteiger partial charge in [0.1, 0.15) is 0 Å². The van der Waals surface area contributed by atoms with Gasteiger partial charge in [-0.3, -0.25) is 4.79 Å². The van der Waals surface area contributed by atoms with Crippen molar-refractivity contribution in [1.29, 1.82) is 0 Å². The molecule has 0 aliphatic carbocycles. The molecule has 0 atom stereocenters. The molecule has 0 aromatic carbocycles. The van der Waals surface area contributed by atoms with Gasteiger partial charge in [-0.15, -0.1) is 0 Å². The maximum Gasteiger partial charge on any atom is 0.319 e. The van der Waals surface area contributed by atoms with E-state index < -0.39 is 0 Å². The van der Waals surface area contributed by atoms with Gasteiger partial charge in [-0.1, -0.05) is 26.5 Å². The van der Waals surface area contributed by atoms with Gasteiger partial charge in [0.15, 0.2) is 0 Å². The molecular formula is C11H20O4Si. The molecule has 0 aliphatic rings. The summed E-state index contributed by atoms with van der Waals surface area (Å²) in [6, 6.07) is 0. The van der Waals surface area contributed by atoms with Crippen molar-refractivity contribution in [3.8, 4) is 0 Å². The zero-order valence-corrected chi connectivity index (χ0v) is 12.2. The smallest absolute Gasteiger partial charge is 0.319 e. The lowest BCUT2D eigenvalue weighted by molar-refractivity contribution is -0.135. The van der Waals surface area contributed by atoms with E-state index in [-0.39, 0.29) is 11.9 Å². The van der Waals surface area contributed by atoms with E-state index in [4.69, 9.17) is 0 Å². The molecule has 0 bridgehead atoms. The third-order valence-corrected chi connectivity index (χ3v) is 1.93. The number of carbonyl (C=O) groups is 2. The summed E-state index contributed by atoms with van der Waals surface area (Å²) in [7, 11) is 0.469. The van der Waals surface area contributed by atoms with E-state index in [2.05, 4.69) is 29.2 Å². The van der Waals surface area contributed by atoms with Gasteiger partial charge in [0.25, 0.3) is 0 Å². The Bertz CT molecular complexity index is 248. The minimum Gasteiger partial charge on any atom is -0.526 e. The zero-order chi connectivity index (χ0) is 13.0. The van der Waals surface area contributed by atoms with Gasteiger partial charge < -0.3 is 9.16 Å². The number of hydrogen-bond acceptors (Lipinski definition) is 4. The van der Waals surface area contributed by atoms with Crippen LogP contribution in [0.5, 0.6) is 0 Å². The first-order valence-electron chi connectivity index (χ1n) is 5.03. The molecule has 5 heteroatoms. The lowest BCUT2D eigenvalue weighted by Gasteiger charge is -2.01. The Balaban J connectivity index is 0. The molecule has 0 heterocycles. The van der Waals surface area contributed by atoms with Gasteiger partial charge in [0, 0.05) is 12.5 Å². The Labute approximate surface area is 99.9 Å². The molecule has 92 valence electrons. The molecule has 0 aromatic rings. The van der Waals surface area contributed by atoms with E-state index in [0.29, 0.717) is 16.1 Å².